The number of halogens is 1. The van der Waals surface area contributed by atoms with Crippen LogP contribution in [0.1, 0.15) is 16.1 Å². The molecule has 4 rings (SSSR count). The van der Waals surface area contributed by atoms with Crippen molar-refractivity contribution in [3.05, 3.63) is 66.0 Å². The summed E-state index contributed by atoms with van der Waals surface area (Å²) in [5.74, 6) is 0.119. The number of amides is 1. The van der Waals surface area contributed by atoms with Crippen LogP contribution >= 0.6 is 0 Å². The highest BCUT2D eigenvalue weighted by molar-refractivity contribution is 5.92. The SMILES string of the molecule is Cn1nccc1C(=O)NCC1Cc2cc(F)cc(-c3cccnc3)c2O1. The summed E-state index contributed by atoms with van der Waals surface area (Å²) in [6.45, 7) is 0.326. The highest BCUT2D eigenvalue weighted by Gasteiger charge is 2.27. The van der Waals surface area contributed by atoms with Gasteiger partial charge in [-0.05, 0) is 24.3 Å². The molecule has 1 aliphatic heterocycles. The fraction of sp³-hybridized carbons (Fsp3) is 0.211. The lowest BCUT2D eigenvalue weighted by Crippen LogP contribution is -2.35. The van der Waals surface area contributed by atoms with Crippen molar-refractivity contribution in [1.82, 2.24) is 20.1 Å². The highest BCUT2D eigenvalue weighted by atomic mass is 19.1. The number of benzene rings is 1. The van der Waals surface area contributed by atoms with E-state index in [-0.39, 0.29) is 17.8 Å². The maximum absolute atomic E-state index is 14.0. The van der Waals surface area contributed by atoms with Crippen LogP contribution in [0.5, 0.6) is 5.75 Å². The predicted molar refractivity (Wildman–Crippen MR) is 93.3 cm³/mol. The van der Waals surface area contributed by atoms with E-state index < -0.39 is 0 Å². The second-order valence-corrected chi connectivity index (χ2v) is 6.18. The number of carbonyl (C=O) groups is 1. The molecule has 0 spiro atoms. The van der Waals surface area contributed by atoms with Crippen molar-refractivity contribution in [2.24, 2.45) is 7.05 Å². The van der Waals surface area contributed by atoms with Gasteiger partial charge in [0.15, 0.2) is 0 Å². The Bertz CT molecular complexity index is 955. The molecule has 7 heteroatoms. The topological polar surface area (TPSA) is 69.0 Å². The molecule has 1 N–H and O–H groups in total. The summed E-state index contributed by atoms with van der Waals surface area (Å²) in [5.41, 5.74) is 2.74. The highest BCUT2D eigenvalue weighted by Crippen LogP contribution is 2.39. The fourth-order valence-electron chi connectivity index (χ4n) is 3.14. The third kappa shape index (κ3) is 3.03. The Balaban J connectivity index is 1.51. The Kier molecular flexibility index (Phi) is 4.12. The summed E-state index contributed by atoms with van der Waals surface area (Å²) in [5, 5.41) is 6.83. The van der Waals surface area contributed by atoms with Gasteiger partial charge in [-0.15, -0.1) is 0 Å². The van der Waals surface area contributed by atoms with E-state index in [1.165, 1.54) is 16.8 Å². The number of hydrogen-bond donors (Lipinski definition) is 1. The van der Waals surface area contributed by atoms with Crippen molar-refractivity contribution in [1.29, 1.82) is 0 Å². The molecule has 0 saturated carbocycles. The minimum absolute atomic E-state index is 0.219. The smallest absolute Gasteiger partial charge is 0.269 e. The Morgan fingerprint density at radius 2 is 2.27 bits per heavy atom. The fourth-order valence-corrected chi connectivity index (χ4v) is 3.14. The molecule has 1 unspecified atom stereocenters. The van der Waals surface area contributed by atoms with Crippen LogP contribution in [0.25, 0.3) is 11.1 Å². The largest absolute Gasteiger partial charge is 0.487 e. The van der Waals surface area contributed by atoms with Gasteiger partial charge in [0.25, 0.3) is 5.91 Å². The molecule has 1 atom stereocenters. The van der Waals surface area contributed by atoms with Gasteiger partial charge in [-0.25, -0.2) is 4.39 Å². The monoisotopic (exact) mass is 352 g/mol. The van der Waals surface area contributed by atoms with Gasteiger partial charge in [0.05, 0.1) is 6.54 Å². The molecule has 3 heterocycles. The molecule has 1 aliphatic rings. The molecule has 0 saturated heterocycles. The van der Waals surface area contributed by atoms with Gasteiger partial charge in [0.2, 0.25) is 0 Å². The number of ether oxygens (including phenoxy) is 1. The number of pyridine rings is 1. The van der Waals surface area contributed by atoms with E-state index in [4.69, 9.17) is 4.74 Å². The predicted octanol–water partition coefficient (Wildman–Crippen LogP) is 2.35. The van der Waals surface area contributed by atoms with Gasteiger partial charge in [0, 0.05) is 48.7 Å². The first-order chi connectivity index (χ1) is 12.6. The zero-order valence-corrected chi connectivity index (χ0v) is 14.1. The van der Waals surface area contributed by atoms with E-state index in [9.17, 15) is 9.18 Å². The second kappa shape index (κ2) is 6.59. The van der Waals surface area contributed by atoms with Crippen molar-refractivity contribution in [2.45, 2.75) is 12.5 Å². The van der Waals surface area contributed by atoms with Gasteiger partial charge < -0.3 is 10.1 Å². The van der Waals surface area contributed by atoms with Crippen LogP contribution < -0.4 is 10.1 Å². The normalized spacial score (nSPS) is 15.4. The number of rotatable bonds is 4. The molecule has 0 aliphatic carbocycles. The third-order valence-corrected chi connectivity index (χ3v) is 4.38. The molecular formula is C19H17FN4O2. The summed E-state index contributed by atoms with van der Waals surface area (Å²) >= 11 is 0. The first-order valence-electron chi connectivity index (χ1n) is 8.27. The second-order valence-electron chi connectivity index (χ2n) is 6.18. The lowest BCUT2D eigenvalue weighted by molar-refractivity contribution is 0.0924. The maximum atomic E-state index is 14.0. The lowest BCUT2D eigenvalue weighted by atomic mass is 10.0. The Labute approximate surface area is 149 Å². The summed E-state index contributed by atoms with van der Waals surface area (Å²) < 4.78 is 21.5. The average molecular weight is 352 g/mol. The van der Waals surface area contributed by atoms with Crippen LogP contribution in [0.15, 0.2) is 48.9 Å². The molecule has 1 aromatic carbocycles. The summed E-state index contributed by atoms with van der Waals surface area (Å²) in [6.07, 6.45) is 5.20. The zero-order valence-electron chi connectivity index (χ0n) is 14.1. The molecule has 0 bridgehead atoms. The molecular weight excluding hydrogens is 335 g/mol. The lowest BCUT2D eigenvalue weighted by Gasteiger charge is -2.13. The first kappa shape index (κ1) is 16.3. The van der Waals surface area contributed by atoms with E-state index in [1.54, 1.807) is 37.8 Å². The van der Waals surface area contributed by atoms with Crippen LogP contribution in [0.4, 0.5) is 4.39 Å². The third-order valence-electron chi connectivity index (χ3n) is 4.38. The number of fused-ring (bicyclic) bond motifs is 1. The van der Waals surface area contributed by atoms with Crippen LogP contribution in [-0.4, -0.2) is 33.3 Å². The number of aryl methyl sites for hydroxylation is 1. The van der Waals surface area contributed by atoms with Gasteiger partial charge >= 0.3 is 0 Å². The number of hydrogen-bond acceptors (Lipinski definition) is 4. The van der Waals surface area contributed by atoms with E-state index in [1.807, 2.05) is 6.07 Å². The maximum Gasteiger partial charge on any atom is 0.269 e. The average Bonchev–Trinajstić information content (AvgIpc) is 3.25. The Hall–Kier alpha value is -3.22. The van der Waals surface area contributed by atoms with E-state index in [0.29, 0.717) is 30.0 Å². The number of carbonyl (C=O) groups excluding carboxylic acids is 1. The molecule has 0 fully saturated rings. The molecule has 2 aromatic heterocycles. The van der Waals surface area contributed by atoms with Crippen molar-refractivity contribution in [3.8, 4) is 16.9 Å². The van der Waals surface area contributed by atoms with Crippen molar-refractivity contribution in [2.75, 3.05) is 6.54 Å². The Morgan fingerprint density at radius 1 is 1.38 bits per heavy atom. The first-order valence-corrected chi connectivity index (χ1v) is 8.27. The standard InChI is InChI=1S/C19H17FN4O2/c1-24-17(4-6-23-24)19(25)22-11-15-8-13-7-14(20)9-16(18(13)26-15)12-3-2-5-21-10-12/h2-7,9-10,15H,8,11H2,1H3,(H,22,25). The molecule has 1 amide bonds. The molecule has 26 heavy (non-hydrogen) atoms. The van der Waals surface area contributed by atoms with Crippen LogP contribution in [0, 0.1) is 5.82 Å². The van der Waals surface area contributed by atoms with Crippen LogP contribution in [0.3, 0.4) is 0 Å². The minimum atomic E-state index is -0.314. The van der Waals surface area contributed by atoms with E-state index in [0.717, 1.165) is 11.1 Å². The Morgan fingerprint density at radius 3 is 3.00 bits per heavy atom. The van der Waals surface area contributed by atoms with Crippen LogP contribution in [-0.2, 0) is 13.5 Å². The summed E-state index contributed by atoms with van der Waals surface area (Å²) in [6, 6.07) is 8.25. The van der Waals surface area contributed by atoms with Crippen LogP contribution in [0.2, 0.25) is 0 Å². The van der Waals surface area contributed by atoms with Gasteiger partial charge in [0.1, 0.15) is 23.4 Å². The van der Waals surface area contributed by atoms with E-state index in [2.05, 4.69) is 15.4 Å². The molecule has 3 aromatic rings. The molecule has 132 valence electrons. The van der Waals surface area contributed by atoms with Crippen molar-refractivity contribution >= 4 is 5.91 Å². The number of aromatic nitrogens is 3. The summed E-state index contributed by atoms with van der Waals surface area (Å²) in [7, 11) is 1.71. The zero-order chi connectivity index (χ0) is 18.1. The number of nitrogens with one attached hydrogen (secondary N) is 1. The van der Waals surface area contributed by atoms with Gasteiger partial charge in [-0.1, -0.05) is 6.07 Å². The molecule has 6 nitrogen and oxygen atoms in total. The van der Waals surface area contributed by atoms with E-state index >= 15 is 0 Å². The van der Waals surface area contributed by atoms with Crippen molar-refractivity contribution in [3.63, 3.8) is 0 Å². The van der Waals surface area contributed by atoms with Crippen molar-refractivity contribution < 1.29 is 13.9 Å². The quantitative estimate of drug-likeness (QED) is 0.783. The number of nitrogens with zero attached hydrogens (tertiary/aromatic N) is 3. The van der Waals surface area contributed by atoms with Gasteiger partial charge in [-0.2, -0.15) is 5.10 Å². The van der Waals surface area contributed by atoms with Gasteiger partial charge in [-0.3, -0.25) is 14.5 Å². The summed E-state index contributed by atoms with van der Waals surface area (Å²) in [4.78, 5) is 16.3. The molecule has 0 radical (unpaired) electrons. The minimum Gasteiger partial charge on any atom is -0.487 e.